The van der Waals surface area contributed by atoms with Crippen LogP contribution in [0.1, 0.15) is 79.7 Å². The monoisotopic (exact) mass is 769 g/mol. The summed E-state index contributed by atoms with van der Waals surface area (Å²) >= 11 is 0. The number of hydrogen-bond acceptors (Lipinski definition) is 8. The predicted molar refractivity (Wildman–Crippen MR) is 210 cm³/mol. The molecule has 10 nitrogen and oxygen atoms in total. The van der Waals surface area contributed by atoms with Crippen molar-refractivity contribution in [1.82, 2.24) is 19.9 Å². The van der Waals surface area contributed by atoms with E-state index in [4.69, 9.17) is 19.4 Å². The summed E-state index contributed by atoms with van der Waals surface area (Å²) in [6.45, 7) is 15.5. The lowest BCUT2D eigenvalue weighted by Crippen LogP contribution is -2.64. The van der Waals surface area contributed by atoms with E-state index < -0.39 is 43.4 Å². The van der Waals surface area contributed by atoms with Gasteiger partial charge in [0.25, 0.3) is 0 Å². The summed E-state index contributed by atoms with van der Waals surface area (Å²) in [5, 5.41) is 21.6. The van der Waals surface area contributed by atoms with Gasteiger partial charge in [0.05, 0.1) is 36.9 Å². The summed E-state index contributed by atoms with van der Waals surface area (Å²) in [5.41, 5.74) is 4.63. The van der Waals surface area contributed by atoms with Gasteiger partial charge in [0.1, 0.15) is 42.4 Å². The van der Waals surface area contributed by atoms with Crippen LogP contribution in [0, 0.1) is 28.5 Å². The van der Waals surface area contributed by atoms with E-state index in [-0.39, 0.29) is 59.3 Å². The number of aromatic nitrogens is 3. The number of pyridine rings is 1. The molecule has 4 aromatic rings. The lowest BCUT2D eigenvalue weighted by Gasteiger charge is -2.47. The maximum absolute atomic E-state index is 17.5. The zero-order valence-corrected chi connectivity index (χ0v) is 33.5. The summed E-state index contributed by atoms with van der Waals surface area (Å²) in [4.78, 5) is 30.4. The number of benzene rings is 2. The molecule has 1 amide bonds. The van der Waals surface area contributed by atoms with E-state index in [9.17, 15) is 15.0 Å². The van der Waals surface area contributed by atoms with Gasteiger partial charge in [0.15, 0.2) is 5.82 Å². The van der Waals surface area contributed by atoms with Crippen molar-refractivity contribution in [1.29, 1.82) is 0 Å². The van der Waals surface area contributed by atoms with Crippen LogP contribution >= 0.6 is 0 Å². The van der Waals surface area contributed by atoms with E-state index >= 15 is 8.78 Å². The first kappa shape index (κ1) is 37.4. The Morgan fingerprint density at radius 3 is 2.42 bits per heavy atom. The molecule has 1 aliphatic carbocycles. The van der Waals surface area contributed by atoms with Crippen molar-refractivity contribution in [2.45, 2.75) is 115 Å². The summed E-state index contributed by atoms with van der Waals surface area (Å²) < 4.78 is 46.4. The summed E-state index contributed by atoms with van der Waals surface area (Å²) in [7, 11) is -2.28. The molecule has 2 aromatic carbocycles. The molecule has 2 N–H and O–H groups in total. The third-order valence-corrected chi connectivity index (χ3v) is 19.3. The van der Waals surface area contributed by atoms with Crippen LogP contribution in [0.15, 0.2) is 30.3 Å². The van der Waals surface area contributed by atoms with E-state index in [2.05, 4.69) is 58.0 Å². The second-order valence-corrected chi connectivity index (χ2v) is 22.6. The fourth-order valence-electron chi connectivity index (χ4n) is 9.98. The first-order valence-corrected chi connectivity index (χ1v) is 21.8. The molecule has 0 radical (unpaired) electrons. The van der Waals surface area contributed by atoms with Gasteiger partial charge in [-0.3, -0.25) is 4.90 Å². The number of aliphatic hydroxyl groups is 1. The lowest BCUT2D eigenvalue weighted by molar-refractivity contribution is 0.0706. The number of carbonyl (C=O) groups is 1. The van der Waals surface area contributed by atoms with E-state index in [0.717, 1.165) is 12.8 Å². The zero-order valence-electron chi connectivity index (χ0n) is 32.5. The Bertz CT molecular complexity index is 2250. The van der Waals surface area contributed by atoms with Gasteiger partial charge in [-0.2, -0.15) is 9.97 Å². The highest BCUT2D eigenvalue weighted by atomic mass is 28.3. The minimum Gasteiger partial charge on any atom is -0.472 e. The molecule has 4 aliphatic rings. The van der Waals surface area contributed by atoms with Gasteiger partial charge in [0, 0.05) is 22.9 Å². The van der Waals surface area contributed by atoms with Gasteiger partial charge in [-0.05, 0) is 60.7 Å². The number of nitrogens with zero attached hydrogens (tertiary/aromatic N) is 5. The molecule has 3 fully saturated rings. The van der Waals surface area contributed by atoms with Crippen molar-refractivity contribution in [2.75, 3.05) is 24.7 Å². The third kappa shape index (κ3) is 5.90. The van der Waals surface area contributed by atoms with E-state index in [1.807, 2.05) is 17.9 Å². The van der Waals surface area contributed by atoms with Crippen molar-refractivity contribution >= 4 is 41.7 Å². The molecule has 13 heteroatoms. The van der Waals surface area contributed by atoms with Crippen molar-refractivity contribution in [3.05, 3.63) is 47.5 Å². The minimum atomic E-state index is -2.28. The molecule has 290 valence electrons. The predicted octanol–water partition coefficient (Wildman–Crippen LogP) is 8.32. The van der Waals surface area contributed by atoms with Crippen LogP contribution in [0.3, 0.4) is 0 Å². The summed E-state index contributed by atoms with van der Waals surface area (Å²) in [5.74, 6) is 2.55. The standard InChI is InChI=1S/C42H49F2N5O5Si/c1-22(2)55(23(3)4,24(5)6)18-15-28-30(43)13-11-26-9-8-10-29(32(26)28)35-34(44)36-33-38(47-40(46-36)53-21-42(20-50)16-17-42)48-19-27-12-14-31(49(27)41(51)52)37(48)25(7)54-39(33)45-35/h8-11,13,22-25,27,31,37,50H,12,14,16-17,19-21H2,1-7H3,(H,51,52). The first-order chi connectivity index (χ1) is 26.2. The maximum atomic E-state index is 17.5. The van der Waals surface area contributed by atoms with Crippen LogP contribution in [0.5, 0.6) is 11.9 Å². The number of fused-ring (bicyclic) bond motifs is 6. The van der Waals surface area contributed by atoms with Crippen molar-refractivity contribution < 1.29 is 33.3 Å². The van der Waals surface area contributed by atoms with E-state index in [0.29, 0.717) is 58.2 Å². The smallest absolute Gasteiger partial charge is 0.407 e. The third-order valence-electron chi connectivity index (χ3n) is 13.0. The van der Waals surface area contributed by atoms with Crippen molar-refractivity contribution in [3.8, 4) is 34.6 Å². The number of aliphatic hydroxyl groups excluding tert-OH is 1. The Morgan fingerprint density at radius 1 is 1.04 bits per heavy atom. The van der Waals surface area contributed by atoms with Gasteiger partial charge in [-0.15, -0.1) is 5.54 Å². The van der Waals surface area contributed by atoms with Crippen molar-refractivity contribution in [3.63, 3.8) is 0 Å². The Labute approximate surface area is 321 Å². The summed E-state index contributed by atoms with van der Waals surface area (Å²) in [6, 6.07) is 7.28. The van der Waals surface area contributed by atoms with Crippen LogP contribution in [0.25, 0.3) is 32.9 Å². The first-order valence-electron chi connectivity index (χ1n) is 19.6. The molecule has 4 atom stereocenters. The van der Waals surface area contributed by atoms with Crippen LogP contribution in [0.4, 0.5) is 19.4 Å². The average Bonchev–Trinajstić information content (AvgIpc) is 3.88. The molecule has 0 spiro atoms. The highest BCUT2D eigenvalue weighted by Gasteiger charge is 2.53. The SMILES string of the molecule is CC1Oc2nc(-c3cccc4ccc(F)c(C#C[Si](C(C)C)(C(C)C)C(C)C)c34)c(F)c3nc(OCC4(CO)CC4)nc(c23)N2CC3CCC(C12)N3C(=O)O. The van der Waals surface area contributed by atoms with E-state index in [1.54, 1.807) is 18.2 Å². The highest BCUT2D eigenvalue weighted by molar-refractivity contribution is 6.90. The second kappa shape index (κ2) is 13.6. The van der Waals surface area contributed by atoms with Gasteiger partial charge in [-0.1, -0.05) is 71.7 Å². The van der Waals surface area contributed by atoms with Gasteiger partial charge < -0.3 is 24.6 Å². The fourth-order valence-corrected chi connectivity index (χ4v) is 15.2. The molecular formula is C42H49F2N5O5Si. The van der Waals surface area contributed by atoms with Crippen LogP contribution in [-0.2, 0) is 0 Å². The molecule has 2 aromatic heterocycles. The highest BCUT2D eigenvalue weighted by Crippen LogP contribution is 2.49. The molecule has 8 rings (SSSR count). The Hall–Kier alpha value is -4.54. The Morgan fingerprint density at radius 2 is 1.76 bits per heavy atom. The molecule has 4 unspecified atom stereocenters. The normalized spacial score (nSPS) is 22.5. The largest absolute Gasteiger partial charge is 0.472 e. The number of anilines is 1. The molecule has 2 bridgehead atoms. The number of hydrogen-bond donors (Lipinski definition) is 2. The second-order valence-electron chi connectivity index (χ2n) is 17.0. The van der Waals surface area contributed by atoms with Crippen LogP contribution in [0.2, 0.25) is 16.6 Å². The number of carboxylic acid groups (broad SMARTS) is 1. The molecule has 2 saturated heterocycles. The maximum Gasteiger partial charge on any atom is 0.407 e. The van der Waals surface area contributed by atoms with Gasteiger partial charge >= 0.3 is 12.1 Å². The van der Waals surface area contributed by atoms with Gasteiger partial charge in [-0.25, -0.2) is 18.6 Å². The molecular weight excluding hydrogens is 721 g/mol. The van der Waals surface area contributed by atoms with Crippen LogP contribution in [-0.4, -0.2) is 88.2 Å². The number of halogens is 2. The van der Waals surface area contributed by atoms with E-state index in [1.165, 1.54) is 11.0 Å². The van der Waals surface area contributed by atoms with Crippen molar-refractivity contribution in [2.24, 2.45) is 5.41 Å². The number of ether oxygens (including phenoxy) is 2. The molecule has 3 aliphatic heterocycles. The number of piperazine rings is 1. The van der Waals surface area contributed by atoms with Crippen LogP contribution < -0.4 is 14.4 Å². The zero-order chi connectivity index (χ0) is 39.1. The average molecular weight is 770 g/mol. The lowest BCUT2D eigenvalue weighted by atomic mass is 9.96. The Kier molecular flexibility index (Phi) is 9.23. The number of amides is 1. The molecule has 55 heavy (non-hydrogen) atoms. The Balaban J connectivity index is 1.36. The van der Waals surface area contributed by atoms with Gasteiger partial charge in [0.2, 0.25) is 5.88 Å². The topological polar surface area (TPSA) is 121 Å². The quantitative estimate of drug-likeness (QED) is 0.135. The summed E-state index contributed by atoms with van der Waals surface area (Å²) in [6.07, 6.45) is 1.36. The molecule has 1 saturated carbocycles. The molecule has 5 heterocycles. The number of rotatable bonds is 8. The minimum absolute atomic E-state index is 0.0497. The fraction of sp³-hybridized carbons (Fsp3) is 0.524.